The molecule has 1 aromatic carbocycles. The van der Waals surface area contributed by atoms with Crippen molar-refractivity contribution in [3.8, 4) is 0 Å². The molecule has 0 unspecified atom stereocenters. The van der Waals surface area contributed by atoms with Crippen LogP contribution in [-0.2, 0) is 17.9 Å². The number of likely N-dealkylation sites (tertiary alicyclic amines) is 1. The Bertz CT molecular complexity index is 861. The molecule has 1 N–H and O–H groups in total. The van der Waals surface area contributed by atoms with Crippen LogP contribution in [0.2, 0.25) is 0 Å². The van der Waals surface area contributed by atoms with E-state index in [1.165, 1.54) is 0 Å². The Morgan fingerprint density at radius 1 is 1.14 bits per heavy atom. The molecule has 1 saturated heterocycles. The molecule has 7 nitrogen and oxygen atoms in total. The standard InChI is InChI=1S/C21H29N5O2/c1-2-25-20(23-26(21(25)28)14-16-6-4-3-5-7-16)17-10-12-24(13-11-17)15-19(27)22-18-8-9-18/h3-7,17-18H,2,8-15H2,1H3,(H,22,27). The number of rotatable bonds is 7. The molecule has 2 aromatic rings. The highest BCUT2D eigenvalue weighted by Gasteiger charge is 2.28. The quantitative estimate of drug-likeness (QED) is 0.788. The molecule has 0 radical (unpaired) electrons. The minimum atomic E-state index is -0.0346. The van der Waals surface area contributed by atoms with Gasteiger partial charge in [0.15, 0.2) is 0 Å². The summed E-state index contributed by atoms with van der Waals surface area (Å²) in [5.74, 6) is 1.30. The van der Waals surface area contributed by atoms with E-state index in [4.69, 9.17) is 5.10 Å². The average Bonchev–Trinajstić information content (AvgIpc) is 3.46. The van der Waals surface area contributed by atoms with Crippen LogP contribution in [0.3, 0.4) is 0 Å². The number of carbonyl (C=O) groups is 1. The monoisotopic (exact) mass is 383 g/mol. The van der Waals surface area contributed by atoms with Crippen molar-refractivity contribution < 1.29 is 4.79 Å². The molecular formula is C21H29N5O2. The SMILES string of the molecule is CCn1c(C2CCN(CC(=O)NC3CC3)CC2)nn(Cc2ccccc2)c1=O. The lowest BCUT2D eigenvalue weighted by atomic mass is 9.96. The van der Waals surface area contributed by atoms with Gasteiger partial charge < -0.3 is 5.32 Å². The molecule has 1 aromatic heterocycles. The summed E-state index contributed by atoms with van der Waals surface area (Å²) >= 11 is 0. The summed E-state index contributed by atoms with van der Waals surface area (Å²) in [6.45, 7) is 5.34. The first-order chi connectivity index (χ1) is 13.6. The minimum absolute atomic E-state index is 0.0346. The summed E-state index contributed by atoms with van der Waals surface area (Å²) in [6, 6.07) is 10.4. The van der Waals surface area contributed by atoms with Crippen LogP contribution in [0.25, 0.3) is 0 Å². The van der Waals surface area contributed by atoms with E-state index in [2.05, 4.69) is 10.2 Å². The zero-order valence-electron chi connectivity index (χ0n) is 16.5. The van der Waals surface area contributed by atoms with Crippen LogP contribution in [0.1, 0.15) is 49.9 Å². The van der Waals surface area contributed by atoms with Gasteiger partial charge in [0.25, 0.3) is 0 Å². The van der Waals surface area contributed by atoms with Crippen LogP contribution in [-0.4, -0.2) is 50.8 Å². The third kappa shape index (κ3) is 4.35. The molecule has 1 aliphatic heterocycles. The van der Waals surface area contributed by atoms with Gasteiger partial charge in [-0.1, -0.05) is 30.3 Å². The van der Waals surface area contributed by atoms with Crippen molar-refractivity contribution in [3.63, 3.8) is 0 Å². The second-order valence-electron chi connectivity index (χ2n) is 7.92. The van der Waals surface area contributed by atoms with Crippen molar-refractivity contribution in [2.45, 2.75) is 57.7 Å². The van der Waals surface area contributed by atoms with E-state index in [1.807, 2.05) is 41.8 Å². The van der Waals surface area contributed by atoms with Crippen LogP contribution in [0.5, 0.6) is 0 Å². The largest absolute Gasteiger partial charge is 0.352 e. The number of carbonyl (C=O) groups excluding carboxylic acids is 1. The van der Waals surface area contributed by atoms with E-state index in [0.29, 0.717) is 25.7 Å². The van der Waals surface area contributed by atoms with Gasteiger partial charge in [-0.2, -0.15) is 5.10 Å². The number of piperidine rings is 1. The zero-order valence-corrected chi connectivity index (χ0v) is 16.5. The molecule has 2 aliphatic rings. The smallest absolute Gasteiger partial charge is 0.346 e. The fourth-order valence-electron chi connectivity index (χ4n) is 3.97. The third-order valence-corrected chi connectivity index (χ3v) is 5.71. The first-order valence-corrected chi connectivity index (χ1v) is 10.4. The highest BCUT2D eigenvalue weighted by atomic mass is 16.2. The molecule has 0 bridgehead atoms. The summed E-state index contributed by atoms with van der Waals surface area (Å²) < 4.78 is 3.40. The number of hydrogen-bond donors (Lipinski definition) is 1. The van der Waals surface area contributed by atoms with Gasteiger partial charge in [0.1, 0.15) is 5.82 Å². The molecule has 150 valence electrons. The molecule has 2 heterocycles. The van der Waals surface area contributed by atoms with E-state index in [-0.39, 0.29) is 17.5 Å². The number of aromatic nitrogens is 3. The molecule has 2 fully saturated rings. The van der Waals surface area contributed by atoms with Crippen LogP contribution in [0.4, 0.5) is 0 Å². The average molecular weight is 383 g/mol. The maximum absolute atomic E-state index is 12.8. The second-order valence-corrected chi connectivity index (χ2v) is 7.92. The normalized spacial score (nSPS) is 18.3. The Hall–Kier alpha value is -2.41. The summed E-state index contributed by atoms with van der Waals surface area (Å²) in [4.78, 5) is 27.0. The number of nitrogens with zero attached hydrogens (tertiary/aromatic N) is 4. The first kappa shape index (κ1) is 18.9. The summed E-state index contributed by atoms with van der Waals surface area (Å²) in [5, 5.41) is 7.76. The van der Waals surface area contributed by atoms with Crippen molar-refractivity contribution in [2.75, 3.05) is 19.6 Å². The lowest BCUT2D eigenvalue weighted by Gasteiger charge is -2.30. The highest BCUT2D eigenvalue weighted by Crippen LogP contribution is 2.26. The molecule has 0 atom stereocenters. The zero-order chi connectivity index (χ0) is 19.5. The van der Waals surface area contributed by atoms with Gasteiger partial charge in [0.2, 0.25) is 5.91 Å². The number of hydrogen-bond acceptors (Lipinski definition) is 4. The lowest BCUT2D eigenvalue weighted by Crippen LogP contribution is -2.42. The lowest BCUT2D eigenvalue weighted by molar-refractivity contribution is -0.122. The molecule has 0 spiro atoms. The number of nitrogens with one attached hydrogen (secondary N) is 1. The van der Waals surface area contributed by atoms with Crippen LogP contribution < -0.4 is 11.0 Å². The summed E-state index contributed by atoms with van der Waals surface area (Å²) in [7, 11) is 0. The third-order valence-electron chi connectivity index (χ3n) is 5.71. The summed E-state index contributed by atoms with van der Waals surface area (Å²) in [5.41, 5.74) is 1.04. The van der Waals surface area contributed by atoms with Gasteiger partial charge >= 0.3 is 5.69 Å². The van der Waals surface area contributed by atoms with Gasteiger partial charge in [0, 0.05) is 18.5 Å². The van der Waals surface area contributed by atoms with Crippen molar-refractivity contribution in [2.24, 2.45) is 0 Å². The second kappa shape index (κ2) is 8.31. The van der Waals surface area contributed by atoms with E-state index >= 15 is 0 Å². The molecular weight excluding hydrogens is 354 g/mol. The fraction of sp³-hybridized carbons (Fsp3) is 0.571. The molecule has 7 heteroatoms. The highest BCUT2D eigenvalue weighted by molar-refractivity contribution is 5.78. The van der Waals surface area contributed by atoms with Gasteiger partial charge in [-0.25, -0.2) is 9.48 Å². The van der Waals surface area contributed by atoms with Crippen LogP contribution >= 0.6 is 0 Å². The molecule has 4 rings (SSSR count). The Morgan fingerprint density at radius 3 is 2.50 bits per heavy atom. The maximum Gasteiger partial charge on any atom is 0.346 e. The van der Waals surface area contributed by atoms with Gasteiger partial charge in [-0.15, -0.1) is 0 Å². The predicted octanol–water partition coefficient (Wildman–Crippen LogP) is 1.57. The van der Waals surface area contributed by atoms with E-state index < -0.39 is 0 Å². The van der Waals surface area contributed by atoms with E-state index in [1.54, 1.807) is 4.68 Å². The Labute approximate surface area is 165 Å². The predicted molar refractivity (Wildman–Crippen MR) is 107 cm³/mol. The molecule has 1 amide bonds. The molecule has 28 heavy (non-hydrogen) atoms. The Balaban J connectivity index is 1.40. The maximum atomic E-state index is 12.8. The number of benzene rings is 1. The van der Waals surface area contributed by atoms with Crippen LogP contribution in [0, 0.1) is 0 Å². The summed E-state index contributed by atoms with van der Waals surface area (Å²) in [6.07, 6.45) is 4.10. The van der Waals surface area contributed by atoms with Gasteiger partial charge in [0.05, 0.1) is 13.1 Å². The van der Waals surface area contributed by atoms with Crippen molar-refractivity contribution >= 4 is 5.91 Å². The van der Waals surface area contributed by atoms with Crippen molar-refractivity contribution in [1.82, 2.24) is 24.6 Å². The molecule has 1 aliphatic carbocycles. The topological polar surface area (TPSA) is 72.2 Å². The molecule has 1 saturated carbocycles. The van der Waals surface area contributed by atoms with Gasteiger partial charge in [-0.3, -0.25) is 14.3 Å². The van der Waals surface area contributed by atoms with Gasteiger partial charge in [-0.05, 0) is 51.3 Å². The fourth-order valence-corrected chi connectivity index (χ4v) is 3.97. The van der Waals surface area contributed by atoms with Crippen molar-refractivity contribution in [3.05, 3.63) is 52.2 Å². The van der Waals surface area contributed by atoms with Crippen molar-refractivity contribution in [1.29, 1.82) is 0 Å². The Kier molecular flexibility index (Phi) is 5.62. The van der Waals surface area contributed by atoms with E-state index in [9.17, 15) is 9.59 Å². The number of amides is 1. The minimum Gasteiger partial charge on any atom is -0.352 e. The van der Waals surface area contributed by atoms with E-state index in [0.717, 1.165) is 50.2 Å². The first-order valence-electron chi connectivity index (χ1n) is 10.4. The Morgan fingerprint density at radius 2 is 1.86 bits per heavy atom. The van der Waals surface area contributed by atoms with Crippen LogP contribution in [0.15, 0.2) is 35.1 Å².